The van der Waals surface area contributed by atoms with E-state index in [1.54, 1.807) is 12.1 Å². The number of nitrogens with one attached hydrogen (secondary N) is 1. The van der Waals surface area contributed by atoms with Gasteiger partial charge in [-0.1, -0.05) is 28.1 Å². The lowest BCUT2D eigenvalue weighted by Crippen LogP contribution is -2.18. The van der Waals surface area contributed by atoms with Gasteiger partial charge in [-0.2, -0.15) is 5.10 Å². The van der Waals surface area contributed by atoms with Crippen molar-refractivity contribution in [2.75, 3.05) is 0 Å². The highest BCUT2D eigenvalue weighted by Gasteiger charge is 2.07. The molecule has 3 nitrogen and oxygen atoms in total. The number of halogens is 1. The summed E-state index contributed by atoms with van der Waals surface area (Å²) in [7, 11) is 0. The maximum atomic E-state index is 11.7. The fourth-order valence-corrected chi connectivity index (χ4v) is 2.08. The van der Waals surface area contributed by atoms with Gasteiger partial charge < -0.3 is 0 Å². The van der Waals surface area contributed by atoms with Gasteiger partial charge in [0, 0.05) is 16.3 Å². The zero-order chi connectivity index (χ0) is 12.8. The molecular formula is C14H15BrN2O. The second-order valence-electron chi connectivity index (χ2n) is 4.27. The SMILES string of the molecule is O=C(N/N=C/C1CC=CCC1)c1ccc(Br)cc1. The standard InChI is InChI=1S/C14H15BrN2O/c15-13-8-6-12(7-9-13)14(18)17-16-10-11-4-2-1-3-5-11/h1-2,6-11H,3-5H2,(H,17,18)/b16-10+. The van der Waals surface area contributed by atoms with Crippen LogP contribution in [0.5, 0.6) is 0 Å². The van der Waals surface area contributed by atoms with Gasteiger partial charge in [-0.15, -0.1) is 0 Å². The molecule has 2 rings (SSSR count). The van der Waals surface area contributed by atoms with E-state index in [1.165, 1.54) is 0 Å². The van der Waals surface area contributed by atoms with Crippen LogP contribution < -0.4 is 5.43 Å². The minimum Gasteiger partial charge on any atom is -0.267 e. The third-order valence-electron chi connectivity index (χ3n) is 2.87. The van der Waals surface area contributed by atoms with Gasteiger partial charge in [0.2, 0.25) is 0 Å². The largest absolute Gasteiger partial charge is 0.271 e. The van der Waals surface area contributed by atoms with Gasteiger partial charge in [0.25, 0.3) is 5.91 Å². The molecule has 1 aliphatic rings. The van der Waals surface area contributed by atoms with Crippen LogP contribution in [-0.4, -0.2) is 12.1 Å². The van der Waals surface area contributed by atoms with Crippen molar-refractivity contribution in [1.29, 1.82) is 0 Å². The molecule has 0 radical (unpaired) electrons. The molecule has 1 aromatic rings. The summed E-state index contributed by atoms with van der Waals surface area (Å²) >= 11 is 3.33. The average Bonchev–Trinajstić information content (AvgIpc) is 2.40. The molecule has 1 N–H and O–H groups in total. The molecular weight excluding hydrogens is 292 g/mol. The molecule has 0 saturated heterocycles. The second-order valence-corrected chi connectivity index (χ2v) is 5.19. The predicted molar refractivity (Wildman–Crippen MR) is 76.6 cm³/mol. The number of hydrogen-bond donors (Lipinski definition) is 1. The summed E-state index contributed by atoms with van der Waals surface area (Å²) in [5, 5.41) is 4.02. The van der Waals surface area contributed by atoms with Crippen molar-refractivity contribution in [2.24, 2.45) is 11.0 Å². The Labute approximate surface area is 115 Å². The van der Waals surface area contributed by atoms with Gasteiger partial charge >= 0.3 is 0 Å². The van der Waals surface area contributed by atoms with E-state index in [0.717, 1.165) is 23.7 Å². The smallest absolute Gasteiger partial charge is 0.267 e. The Kier molecular flexibility index (Phi) is 4.70. The van der Waals surface area contributed by atoms with E-state index in [-0.39, 0.29) is 5.91 Å². The average molecular weight is 307 g/mol. The number of benzene rings is 1. The van der Waals surface area contributed by atoms with Gasteiger partial charge in [-0.25, -0.2) is 5.43 Å². The molecule has 0 aromatic heterocycles. The first-order valence-corrected chi connectivity index (χ1v) is 6.79. The first kappa shape index (κ1) is 13.0. The maximum Gasteiger partial charge on any atom is 0.271 e. The fourth-order valence-electron chi connectivity index (χ4n) is 1.82. The molecule has 1 aromatic carbocycles. The van der Waals surface area contributed by atoms with E-state index in [9.17, 15) is 4.79 Å². The van der Waals surface area contributed by atoms with Crippen molar-refractivity contribution in [2.45, 2.75) is 19.3 Å². The summed E-state index contributed by atoms with van der Waals surface area (Å²) in [6, 6.07) is 7.20. The molecule has 1 amide bonds. The summed E-state index contributed by atoms with van der Waals surface area (Å²) in [6.45, 7) is 0. The lowest BCUT2D eigenvalue weighted by molar-refractivity contribution is 0.0955. The monoisotopic (exact) mass is 306 g/mol. The van der Waals surface area contributed by atoms with Crippen molar-refractivity contribution >= 4 is 28.1 Å². The highest BCUT2D eigenvalue weighted by molar-refractivity contribution is 9.10. The number of hydrogen-bond acceptors (Lipinski definition) is 2. The van der Waals surface area contributed by atoms with Crippen LogP contribution in [0.2, 0.25) is 0 Å². The molecule has 0 saturated carbocycles. The Bertz CT molecular complexity index is 465. The number of carbonyl (C=O) groups excluding carboxylic acids is 1. The van der Waals surface area contributed by atoms with Gasteiger partial charge in [-0.05, 0) is 49.4 Å². The summed E-state index contributed by atoms with van der Waals surface area (Å²) in [4.78, 5) is 11.7. The number of rotatable bonds is 3. The molecule has 94 valence electrons. The van der Waals surface area contributed by atoms with Gasteiger partial charge in [0.1, 0.15) is 0 Å². The summed E-state index contributed by atoms with van der Waals surface area (Å²) in [6.07, 6.45) is 9.39. The van der Waals surface area contributed by atoms with Crippen molar-refractivity contribution in [3.05, 3.63) is 46.5 Å². The van der Waals surface area contributed by atoms with Crippen LogP contribution in [-0.2, 0) is 0 Å². The quantitative estimate of drug-likeness (QED) is 0.518. The van der Waals surface area contributed by atoms with Gasteiger partial charge in [0.15, 0.2) is 0 Å². The van der Waals surface area contributed by atoms with E-state index in [0.29, 0.717) is 11.5 Å². The Hall–Kier alpha value is -1.42. The number of hydrazone groups is 1. The highest BCUT2D eigenvalue weighted by atomic mass is 79.9. The predicted octanol–water partition coefficient (Wildman–Crippen LogP) is 3.52. The zero-order valence-corrected chi connectivity index (χ0v) is 11.6. The second kappa shape index (κ2) is 6.50. The molecule has 1 aliphatic carbocycles. The maximum absolute atomic E-state index is 11.7. The molecule has 0 heterocycles. The zero-order valence-electron chi connectivity index (χ0n) is 9.97. The molecule has 0 spiro atoms. The first-order valence-electron chi connectivity index (χ1n) is 6.00. The Morgan fingerprint density at radius 3 is 2.78 bits per heavy atom. The summed E-state index contributed by atoms with van der Waals surface area (Å²) in [5.74, 6) is 0.269. The van der Waals surface area contributed by atoms with E-state index < -0.39 is 0 Å². The van der Waals surface area contributed by atoms with Crippen molar-refractivity contribution < 1.29 is 4.79 Å². The molecule has 0 aliphatic heterocycles. The molecule has 0 bridgehead atoms. The van der Waals surface area contributed by atoms with Crippen molar-refractivity contribution in [3.8, 4) is 0 Å². The lowest BCUT2D eigenvalue weighted by atomic mass is 9.96. The van der Waals surface area contributed by atoms with Crippen LogP contribution in [0.15, 0.2) is 46.0 Å². The highest BCUT2D eigenvalue weighted by Crippen LogP contribution is 2.15. The molecule has 0 fully saturated rings. The molecule has 1 atom stereocenters. The van der Waals surface area contributed by atoms with Crippen molar-refractivity contribution in [3.63, 3.8) is 0 Å². The van der Waals surface area contributed by atoms with Gasteiger partial charge in [-0.3, -0.25) is 4.79 Å². The summed E-state index contributed by atoms with van der Waals surface area (Å²) < 4.78 is 0.955. The number of amides is 1. The first-order chi connectivity index (χ1) is 8.75. The van der Waals surface area contributed by atoms with Gasteiger partial charge in [0.05, 0.1) is 0 Å². The minimum absolute atomic E-state index is 0.176. The number of allylic oxidation sites excluding steroid dienone is 2. The van der Waals surface area contributed by atoms with E-state index in [2.05, 4.69) is 38.6 Å². The van der Waals surface area contributed by atoms with Crippen LogP contribution in [0.4, 0.5) is 0 Å². The van der Waals surface area contributed by atoms with Crippen LogP contribution in [0.25, 0.3) is 0 Å². The number of carbonyl (C=O) groups is 1. The normalized spacial score (nSPS) is 19.1. The van der Waals surface area contributed by atoms with E-state index >= 15 is 0 Å². The minimum atomic E-state index is -0.176. The van der Waals surface area contributed by atoms with Crippen molar-refractivity contribution in [1.82, 2.24) is 5.43 Å². The van der Waals surface area contributed by atoms with Crippen LogP contribution in [0.3, 0.4) is 0 Å². The van der Waals surface area contributed by atoms with E-state index in [1.807, 2.05) is 18.3 Å². The summed E-state index contributed by atoms with van der Waals surface area (Å²) in [5.41, 5.74) is 3.17. The van der Waals surface area contributed by atoms with E-state index in [4.69, 9.17) is 0 Å². The molecule has 1 unspecified atom stereocenters. The third kappa shape index (κ3) is 3.81. The Balaban J connectivity index is 1.86. The topological polar surface area (TPSA) is 41.5 Å². The molecule has 18 heavy (non-hydrogen) atoms. The Morgan fingerprint density at radius 2 is 2.11 bits per heavy atom. The number of nitrogens with zero attached hydrogens (tertiary/aromatic N) is 1. The fraction of sp³-hybridized carbons (Fsp3) is 0.286. The Morgan fingerprint density at radius 1 is 1.33 bits per heavy atom. The lowest BCUT2D eigenvalue weighted by Gasteiger charge is -2.11. The van der Waals surface area contributed by atoms with Crippen LogP contribution in [0.1, 0.15) is 29.6 Å². The molecule has 4 heteroatoms. The van der Waals surface area contributed by atoms with Crippen LogP contribution >= 0.6 is 15.9 Å². The van der Waals surface area contributed by atoms with Crippen LogP contribution in [0, 0.1) is 5.92 Å². The third-order valence-corrected chi connectivity index (χ3v) is 3.40.